The molecular weight excluding hydrogens is 627 g/mol. The normalized spacial score (nSPS) is 23.4. The number of fused-ring (bicyclic) bond motifs is 3. The van der Waals surface area contributed by atoms with Crippen LogP contribution in [0.1, 0.15) is 55.3 Å². The van der Waals surface area contributed by atoms with Gasteiger partial charge in [0.2, 0.25) is 0 Å². The SMILES string of the molecule is CN(C)C(=O)/C(N)=C/C1=NCCCN(c2nc(OC[C@@]34CCCN3C[C@H](F)C4)nc3c2COc2cc(OC(F)F)ccc2CCCC3)C1. The van der Waals surface area contributed by atoms with Crippen LogP contribution in [0.4, 0.5) is 19.0 Å². The van der Waals surface area contributed by atoms with Crippen molar-refractivity contribution >= 4 is 17.4 Å². The Balaban J connectivity index is 1.35. The molecule has 2 fully saturated rings. The van der Waals surface area contributed by atoms with Gasteiger partial charge in [0.25, 0.3) is 5.91 Å². The van der Waals surface area contributed by atoms with Gasteiger partial charge in [0.1, 0.15) is 36.7 Å². The number of amides is 1. The summed E-state index contributed by atoms with van der Waals surface area (Å²) in [5, 5.41) is 0. The van der Waals surface area contributed by atoms with Gasteiger partial charge in [-0.3, -0.25) is 14.7 Å². The minimum Gasteiger partial charge on any atom is -0.488 e. The van der Waals surface area contributed by atoms with Crippen molar-refractivity contribution in [3.63, 3.8) is 0 Å². The number of likely N-dealkylation sites (N-methyl/N-ethyl adjacent to an activating group) is 1. The summed E-state index contributed by atoms with van der Waals surface area (Å²) in [7, 11) is 3.28. The average molecular weight is 672 g/mol. The van der Waals surface area contributed by atoms with Crippen molar-refractivity contribution < 1.29 is 32.2 Å². The van der Waals surface area contributed by atoms with Gasteiger partial charge in [0.05, 0.1) is 34.7 Å². The Morgan fingerprint density at radius 3 is 2.83 bits per heavy atom. The first-order valence-corrected chi connectivity index (χ1v) is 16.7. The van der Waals surface area contributed by atoms with Crippen molar-refractivity contribution in [2.24, 2.45) is 10.7 Å². The third kappa shape index (κ3) is 7.63. The number of hydrogen-bond donors (Lipinski definition) is 1. The van der Waals surface area contributed by atoms with E-state index in [1.807, 2.05) is 0 Å². The molecule has 0 unspecified atom stereocenters. The summed E-state index contributed by atoms with van der Waals surface area (Å²) in [5.74, 6) is 0.779. The van der Waals surface area contributed by atoms with Gasteiger partial charge in [0.15, 0.2) is 0 Å². The summed E-state index contributed by atoms with van der Waals surface area (Å²) in [6.07, 6.45) is 6.73. The van der Waals surface area contributed by atoms with Crippen LogP contribution >= 0.6 is 0 Å². The molecule has 4 aliphatic rings. The topological polar surface area (TPSA) is 119 Å². The molecule has 6 rings (SSSR count). The number of ether oxygens (including phenoxy) is 3. The fraction of sp³-hybridized carbons (Fsp3) is 0.588. The number of benzene rings is 1. The standard InChI is InChI=1S/C34H44F3N7O4/c1-42(2)31(45)27(38)15-24-19-43(13-6-12-39-24)30-26-20-46-29-16-25(48-32(36)37)10-9-22(29)7-3-4-8-28(26)40-33(41-30)47-21-34-11-5-14-44(34)18-23(35)17-34/h9-10,15-16,23,32H,3-8,11-14,17-21,38H2,1-2H3/b27-15-/t23-,34+/m1/s1. The molecule has 0 aliphatic carbocycles. The fourth-order valence-corrected chi connectivity index (χ4v) is 7.21. The lowest BCUT2D eigenvalue weighted by molar-refractivity contribution is -0.124. The maximum absolute atomic E-state index is 14.5. The third-order valence-electron chi connectivity index (χ3n) is 9.56. The summed E-state index contributed by atoms with van der Waals surface area (Å²) in [6.45, 7) is 0.175. The second kappa shape index (κ2) is 14.6. The molecule has 1 aromatic heterocycles. The number of alkyl halides is 3. The Kier molecular flexibility index (Phi) is 10.3. The van der Waals surface area contributed by atoms with Crippen LogP contribution < -0.4 is 24.8 Å². The molecule has 11 nitrogen and oxygen atoms in total. The molecule has 5 heterocycles. The van der Waals surface area contributed by atoms with E-state index in [0.29, 0.717) is 69.3 Å². The zero-order valence-electron chi connectivity index (χ0n) is 27.6. The van der Waals surface area contributed by atoms with E-state index in [1.165, 1.54) is 17.0 Å². The lowest BCUT2D eigenvalue weighted by Gasteiger charge is -2.31. The van der Waals surface area contributed by atoms with E-state index in [4.69, 9.17) is 30.2 Å². The van der Waals surface area contributed by atoms with Gasteiger partial charge >= 0.3 is 12.6 Å². The summed E-state index contributed by atoms with van der Waals surface area (Å²) in [6, 6.07) is 5.02. The van der Waals surface area contributed by atoms with E-state index in [2.05, 4.69) is 14.5 Å². The van der Waals surface area contributed by atoms with Crippen molar-refractivity contribution in [1.29, 1.82) is 0 Å². The molecule has 1 aromatic carbocycles. The number of carbonyl (C=O) groups is 1. The van der Waals surface area contributed by atoms with E-state index >= 15 is 0 Å². The van der Waals surface area contributed by atoms with Crippen LogP contribution in [0, 0.1) is 0 Å². The van der Waals surface area contributed by atoms with Crippen LogP contribution in [0.3, 0.4) is 0 Å². The first-order chi connectivity index (χ1) is 23.1. The van der Waals surface area contributed by atoms with Crippen LogP contribution in [-0.2, 0) is 24.2 Å². The summed E-state index contributed by atoms with van der Waals surface area (Å²) in [4.78, 5) is 32.7. The van der Waals surface area contributed by atoms with Gasteiger partial charge < -0.3 is 29.7 Å². The van der Waals surface area contributed by atoms with E-state index in [0.717, 1.165) is 55.5 Å². The quantitative estimate of drug-likeness (QED) is 0.415. The van der Waals surface area contributed by atoms with Gasteiger partial charge in [-0.2, -0.15) is 18.7 Å². The predicted molar refractivity (Wildman–Crippen MR) is 175 cm³/mol. The number of hydrogen-bond acceptors (Lipinski definition) is 10. The maximum Gasteiger partial charge on any atom is 0.387 e. The van der Waals surface area contributed by atoms with Gasteiger partial charge in [-0.25, -0.2) is 4.39 Å². The Labute approximate surface area is 278 Å². The van der Waals surface area contributed by atoms with Crippen molar-refractivity contribution in [2.45, 2.75) is 76.3 Å². The van der Waals surface area contributed by atoms with Gasteiger partial charge in [0, 0.05) is 46.2 Å². The smallest absolute Gasteiger partial charge is 0.387 e. The molecule has 0 spiro atoms. The van der Waals surface area contributed by atoms with Crippen molar-refractivity contribution in [3.8, 4) is 17.5 Å². The molecule has 2 saturated heterocycles. The van der Waals surface area contributed by atoms with Crippen LogP contribution in [-0.4, -0.2) is 103 Å². The van der Waals surface area contributed by atoms with E-state index < -0.39 is 12.8 Å². The number of halogens is 3. The van der Waals surface area contributed by atoms with Gasteiger partial charge in [-0.05, 0) is 69.2 Å². The zero-order chi connectivity index (χ0) is 33.8. The third-order valence-corrected chi connectivity index (χ3v) is 9.56. The highest BCUT2D eigenvalue weighted by molar-refractivity contribution is 6.05. The molecule has 0 saturated carbocycles. The number of nitrogens with zero attached hydrogens (tertiary/aromatic N) is 6. The lowest BCUT2D eigenvalue weighted by Crippen LogP contribution is -2.43. The largest absolute Gasteiger partial charge is 0.488 e. The maximum atomic E-state index is 14.5. The van der Waals surface area contributed by atoms with Crippen LogP contribution in [0.15, 0.2) is 35.0 Å². The Morgan fingerprint density at radius 1 is 1.19 bits per heavy atom. The highest BCUT2D eigenvalue weighted by Crippen LogP contribution is 2.40. The zero-order valence-corrected chi connectivity index (χ0v) is 27.6. The van der Waals surface area contributed by atoms with Crippen molar-refractivity contribution in [3.05, 3.63) is 46.8 Å². The molecule has 2 atom stereocenters. The number of aryl methyl sites for hydroxylation is 2. The molecule has 0 bridgehead atoms. The Hall–Kier alpha value is -4.07. The molecule has 0 radical (unpaired) electrons. The number of anilines is 1. The van der Waals surface area contributed by atoms with E-state index in [9.17, 15) is 18.0 Å². The molecule has 2 aromatic rings. The van der Waals surface area contributed by atoms with Crippen LogP contribution in [0.5, 0.6) is 17.5 Å². The van der Waals surface area contributed by atoms with Gasteiger partial charge in [-0.15, -0.1) is 0 Å². The van der Waals surface area contributed by atoms with E-state index in [1.54, 1.807) is 26.2 Å². The summed E-state index contributed by atoms with van der Waals surface area (Å²) >= 11 is 0. The van der Waals surface area contributed by atoms with Crippen molar-refractivity contribution in [2.75, 3.05) is 58.3 Å². The predicted octanol–water partition coefficient (Wildman–Crippen LogP) is 4.07. The number of rotatable bonds is 8. The molecule has 260 valence electrons. The summed E-state index contributed by atoms with van der Waals surface area (Å²) in [5.41, 5.74) is 8.93. The minimum absolute atomic E-state index is 0.0223. The monoisotopic (exact) mass is 671 g/mol. The Bertz CT molecular complexity index is 1550. The number of aromatic nitrogens is 2. The minimum atomic E-state index is -2.95. The second-order valence-electron chi connectivity index (χ2n) is 13.2. The molecule has 48 heavy (non-hydrogen) atoms. The van der Waals surface area contributed by atoms with Crippen LogP contribution in [0.2, 0.25) is 0 Å². The highest BCUT2D eigenvalue weighted by atomic mass is 19.3. The number of carbonyl (C=O) groups excluding carboxylic acids is 1. The average Bonchev–Trinajstić information content (AvgIpc) is 3.47. The molecule has 1 amide bonds. The first kappa shape index (κ1) is 33.8. The first-order valence-electron chi connectivity index (χ1n) is 16.7. The molecule has 14 heteroatoms. The molecule has 2 N–H and O–H groups in total. The van der Waals surface area contributed by atoms with Gasteiger partial charge in [-0.1, -0.05) is 6.07 Å². The lowest BCUT2D eigenvalue weighted by atomic mass is 9.95. The Morgan fingerprint density at radius 2 is 2.02 bits per heavy atom. The fourth-order valence-electron chi connectivity index (χ4n) is 7.21. The molecule has 4 aliphatic heterocycles. The number of aliphatic imine (C=N–C) groups is 1. The molecular formula is C34H44F3N7O4. The van der Waals surface area contributed by atoms with Crippen LogP contribution in [0.25, 0.3) is 0 Å². The summed E-state index contributed by atoms with van der Waals surface area (Å²) < 4.78 is 57.9. The second-order valence-corrected chi connectivity index (χ2v) is 13.2. The number of nitrogens with two attached hydrogens (primary N) is 1. The van der Waals surface area contributed by atoms with Crippen molar-refractivity contribution in [1.82, 2.24) is 19.8 Å². The van der Waals surface area contributed by atoms with E-state index in [-0.39, 0.29) is 35.5 Å². The highest BCUT2D eigenvalue weighted by Gasteiger charge is 2.49.